The molecule has 12 heavy (non-hydrogen) atoms. The molecular formula is H10AlO9PS. The van der Waals surface area contributed by atoms with Crippen LogP contribution in [0.15, 0.2) is 0 Å². The molecular weight excluding hydrogens is 234 g/mol. The molecule has 0 aromatic heterocycles. The normalized spacial score (nSPS) is 9.75. The van der Waals surface area contributed by atoms with Crippen LogP contribution in [0.5, 0.6) is 0 Å². The summed E-state index contributed by atoms with van der Waals surface area (Å²) in [5.74, 6) is 0. The number of hydrogen-bond acceptors (Lipinski definition) is 3. The second kappa shape index (κ2) is 8.09. The summed E-state index contributed by atoms with van der Waals surface area (Å²) in [5, 5.41) is 0. The van der Waals surface area contributed by atoms with Crippen molar-refractivity contribution in [2.75, 3.05) is 0 Å². The van der Waals surface area contributed by atoms with E-state index in [0.717, 1.165) is 0 Å². The van der Waals surface area contributed by atoms with Crippen LogP contribution in [0.1, 0.15) is 0 Å². The SMILES string of the molecule is O.O=P(O)(O)O.O=S(=O)(O)O.[AlH3]. The average molecular weight is 244 g/mol. The van der Waals surface area contributed by atoms with Crippen molar-refractivity contribution < 1.29 is 42.2 Å². The van der Waals surface area contributed by atoms with E-state index in [1.54, 1.807) is 0 Å². The number of rotatable bonds is 0. The summed E-state index contributed by atoms with van der Waals surface area (Å²) in [5.41, 5.74) is 0. The zero-order valence-electron chi connectivity index (χ0n) is 4.82. The fraction of sp³-hybridized carbons (Fsp3) is 0. The first-order valence-corrected chi connectivity index (χ1v) is 4.44. The van der Waals surface area contributed by atoms with Crippen LogP contribution >= 0.6 is 7.82 Å². The number of phosphoric acid groups is 1. The van der Waals surface area contributed by atoms with Crippen LogP contribution in [0.4, 0.5) is 0 Å². The summed E-state index contributed by atoms with van der Waals surface area (Å²) in [4.78, 5) is 21.6. The van der Waals surface area contributed by atoms with Crippen molar-refractivity contribution in [1.29, 1.82) is 0 Å². The van der Waals surface area contributed by atoms with Crippen molar-refractivity contribution in [3.05, 3.63) is 0 Å². The van der Waals surface area contributed by atoms with Crippen LogP contribution in [0.2, 0.25) is 0 Å². The van der Waals surface area contributed by atoms with Crippen molar-refractivity contribution >= 4 is 35.6 Å². The molecule has 0 radical (unpaired) electrons. The first-order valence-electron chi connectivity index (χ1n) is 1.48. The van der Waals surface area contributed by atoms with Gasteiger partial charge in [-0.2, -0.15) is 8.42 Å². The molecule has 0 aliphatic heterocycles. The molecule has 0 saturated heterocycles. The molecule has 0 amide bonds. The lowest BCUT2D eigenvalue weighted by Crippen LogP contribution is -1.89. The van der Waals surface area contributed by atoms with Gasteiger partial charge in [-0.15, -0.1) is 0 Å². The van der Waals surface area contributed by atoms with Crippen LogP contribution in [-0.2, 0) is 15.0 Å². The van der Waals surface area contributed by atoms with Crippen molar-refractivity contribution in [2.24, 2.45) is 0 Å². The van der Waals surface area contributed by atoms with E-state index in [1.807, 2.05) is 0 Å². The van der Waals surface area contributed by atoms with Crippen LogP contribution in [-0.4, -0.2) is 55.0 Å². The van der Waals surface area contributed by atoms with E-state index >= 15 is 0 Å². The predicted octanol–water partition coefficient (Wildman–Crippen LogP) is -3.59. The van der Waals surface area contributed by atoms with E-state index in [9.17, 15) is 0 Å². The van der Waals surface area contributed by atoms with Gasteiger partial charge in [-0.25, -0.2) is 4.57 Å². The fourth-order valence-corrected chi connectivity index (χ4v) is 0. The van der Waals surface area contributed by atoms with Gasteiger partial charge >= 0.3 is 18.2 Å². The predicted molar refractivity (Wildman–Crippen MR) is 42.0 cm³/mol. The Morgan fingerprint density at radius 2 is 1.00 bits per heavy atom. The Morgan fingerprint density at radius 1 is 1.00 bits per heavy atom. The second-order valence-corrected chi connectivity index (χ2v) is 2.88. The minimum absolute atomic E-state index is 0. The van der Waals surface area contributed by atoms with Crippen LogP contribution in [0.25, 0.3) is 0 Å². The van der Waals surface area contributed by atoms with Gasteiger partial charge in [0.15, 0.2) is 17.4 Å². The van der Waals surface area contributed by atoms with E-state index in [0.29, 0.717) is 0 Å². The summed E-state index contributed by atoms with van der Waals surface area (Å²) >= 11 is 0. The van der Waals surface area contributed by atoms with E-state index in [4.69, 9.17) is 36.8 Å². The summed E-state index contributed by atoms with van der Waals surface area (Å²) in [6, 6.07) is 0. The Bertz CT molecular complexity index is 192. The van der Waals surface area contributed by atoms with Gasteiger partial charge in [-0.1, -0.05) is 0 Å². The molecule has 0 fully saturated rings. The van der Waals surface area contributed by atoms with Crippen LogP contribution in [0, 0.1) is 0 Å². The highest BCUT2D eigenvalue weighted by Crippen LogP contribution is 2.25. The highest BCUT2D eigenvalue weighted by Gasteiger charge is 2.00. The molecule has 0 saturated carbocycles. The highest BCUT2D eigenvalue weighted by atomic mass is 32.3. The molecule has 0 aliphatic carbocycles. The van der Waals surface area contributed by atoms with Gasteiger partial charge < -0.3 is 20.2 Å². The van der Waals surface area contributed by atoms with Crippen molar-refractivity contribution in [2.45, 2.75) is 0 Å². The Kier molecular flexibility index (Phi) is 15.4. The largest absolute Gasteiger partial charge is 0.466 e. The van der Waals surface area contributed by atoms with Gasteiger partial charge in [0.2, 0.25) is 0 Å². The van der Waals surface area contributed by atoms with Gasteiger partial charge in [0.25, 0.3) is 0 Å². The third-order valence-corrected chi connectivity index (χ3v) is 0. The minimum Gasteiger partial charge on any atom is -0.412 e. The van der Waals surface area contributed by atoms with Crippen LogP contribution < -0.4 is 0 Å². The standard InChI is InChI=1S/Al.H3O4P.H2O4S.H2O.3H/c;2*1-5(2,3)4;;;;/h;(H3,1,2,3,4);(H2,1,2,3,4);1H2;;;. The van der Waals surface area contributed by atoms with Crippen molar-refractivity contribution in [3.8, 4) is 0 Å². The van der Waals surface area contributed by atoms with Gasteiger partial charge in [-0.05, 0) is 0 Å². The summed E-state index contributed by atoms with van der Waals surface area (Å²) in [6.45, 7) is 0. The monoisotopic (exact) mass is 244 g/mol. The molecule has 0 heterocycles. The maximum Gasteiger partial charge on any atom is 0.466 e. The van der Waals surface area contributed by atoms with Crippen LogP contribution in [0.3, 0.4) is 0 Å². The summed E-state index contributed by atoms with van der Waals surface area (Å²) in [6.07, 6.45) is 0. The van der Waals surface area contributed by atoms with E-state index in [-0.39, 0.29) is 22.8 Å². The maximum atomic E-state index is 8.88. The molecule has 0 unspecified atom stereocenters. The lowest BCUT2D eigenvalue weighted by Gasteiger charge is -1.82. The van der Waals surface area contributed by atoms with Crippen molar-refractivity contribution in [3.63, 3.8) is 0 Å². The third-order valence-electron chi connectivity index (χ3n) is 0. The summed E-state index contributed by atoms with van der Waals surface area (Å²) in [7, 11) is -9.31. The molecule has 9 nitrogen and oxygen atoms in total. The molecule has 78 valence electrons. The molecule has 0 aliphatic rings. The first-order chi connectivity index (χ1) is 4.00. The minimum atomic E-state index is -4.67. The fourth-order valence-electron chi connectivity index (χ4n) is 0. The quantitative estimate of drug-likeness (QED) is 0.164. The van der Waals surface area contributed by atoms with E-state index < -0.39 is 18.2 Å². The smallest absolute Gasteiger partial charge is 0.412 e. The van der Waals surface area contributed by atoms with Gasteiger partial charge in [0.05, 0.1) is 0 Å². The lowest BCUT2D eigenvalue weighted by atomic mass is 15.8. The number of hydrogen-bond donors (Lipinski definition) is 5. The Labute approximate surface area is 78.3 Å². The highest BCUT2D eigenvalue weighted by molar-refractivity contribution is 7.79. The van der Waals surface area contributed by atoms with Crippen molar-refractivity contribution in [1.82, 2.24) is 0 Å². The molecule has 0 aromatic carbocycles. The van der Waals surface area contributed by atoms with E-state index in [1.165, 1.54) is 0 Å². The Balaban J connectivity index is -0.0000000457. The molecule has 12 heteroatoms. The average Bonchev–Trinajstić information content (AvgIpc) is 1.12. The Morgan fingerprint density at radius 3 is 1.00 bits per heavy atom. The third kappa shape index (κ3) is 4210. The molecule has 0 rings (SSSR count). The second-order valence-electron chi connectivity index (χ2n) is 0.961. The van der Waals surface area contributed by atoms with Gasteiger partial charge in [0.1, 0.15) is 0 Å². The van der Waals surface area contributed by atoms with E-state index in [2.05, 4.69) is 0 Å². The topological polar surface area (TPSA) is 184 Å². The van der Waals surface area contributed by atoms with Gasteiger partial charge in [0, 0.05) is 0 Å². The lowest BCUT2D eigenvalue weighted by molar-refractivity contribution is 0.275. The first kappa shape index (κ1) is 22.9. The Hall–Kier alpha value is 0.472. The molecule has 7 N–H and O–H groups in total. The molecule has 0 atom stereocenters. The molecule has 0 aromatic rings. The zero-order chi connectivity index (χ0) is 9.00. The maximum absolute atomic E-state index is 8.88. The molecule has 0 bridgehead atoms. The summed E-state index contributed by atoms with van der Waals surface area (Å²) < 4.78 is 40.5. The molecule has 0 spiro atoms. The van der Waals surface area contributed by atoms with Gasteiger partial charge in [-0.3, -0.25) is 9.11 Å². The zero-order valence-corrected chi connectivity index (χ0v) is 6.53.